The van der Waals surface area contributed by atoms with Crippen LogP contribution in [-0.4, -0.2) is 46.1 Å². The Kier molecular flexibility index (Phi) is 5.45. The number of nitrogens with zero attached hydrogens (tertiary/aromatic N) is 2. The largest absolute Gasteiger partial charge is 0.387 e. The summed E-state index contributed by atoms with van der Waals surface area (Å²) in [7, 11) is 0. The van der Waals surface area contributed by atoms with E-state index < -0.39 is 5.60 Å². The predicted molar refractivity (Wildman–Crippen MR) is 83.0 cm³/mol. The molecule has 112 valence electrons. The minimum atomic E-state index is -0.699. The summed E-state index contributed by atoms with van der Waals surface area (Å²) < 4.78 is 0. The zero-order chi connectivity index (χ0) is 14.4. The van der Waals surface area contributed by atoms with E-state index in [9.17, 15) is 5.11 Å². The summed E-state index contributed by atoms with van der Waals surface area (Å²) in [5.41, 5.74) is 5.10. The monoisotopic (exact) mass is 297 g/mol. The van der Waals surface area contributed by atoms with Crippen LogP contribution in [0, 0.1) is 0 Å². The lowest BCUT2D eigenvalue weighted by molar-refractivity contribution is 0.0751. The predicted octanol–water partition coefficient (Wildman–Crippen LogP) is 1.09. The molecule has 0 amide bonds. The van der Waals surface area contributed by atoms with Gasteiger partial charge in [-0.2, -0.15) is 0 Å². The Morgan fingerprint density at radius 3 is 3.10 bits per heavy atom. The highest BCUT2D eigenvalue weighted by Crippen LogP contribution is 2.20. The number of aromatic nitrogens is 2. The average Bonchev–Trinajstić information content (AvgIpc) is 2.84. The van der Waals surface area contributed by atoms with Gasteiger partial charge in [-0.15, -0.1) is 0 Å². The highest BCUT2D eigenvalue weighted by Gasteiger charge is 2.30. The Balaban J connectivity index is 1.93. The van der Waals surface area contributed by atoms with E-state index in [-0.39, 0.29) is 0 Å². The summed E-state index contributed by atoms with van der Waals surface area (Å²) >= 11 is 1.61. The maximum atomic E-state index is 10.3. The Hall–Kier alpha value is -1.05. The zero-order valence-corrected chi connectivity index (χ0v) is 12.7. The van der Waals surface area contributed by atoms with E-state index in [1.807, 2.05) is 0 Å². The second kappa shape index (κ2) is 7.10. The molecule has 0 aromatic carbocycles. The van der Waals surface area contributed by atoms with Crippen molar-refractivity contribution in [3.8, 4) is 0 Å². The molecule has 7 heteroatoms. The van der Waals surface area contributed by atoms with Crippen molar-refractivity contribution in [3.63, 3.8) is 0 Å². The number of anilines is 2. The third kappa shape index (κ3) is 4.50. The second-order valence-corrected chi connectivity index (χ2v) is 6.23. The standard InChI is InChI=1S/C13H23N5OS/c1-2-3-6-20-12-17-10(14)7-11(18-12)16-9-13(19)4-5-15-8-13/h7,15,19H,2-6,8-9H2,1H3,(H3,14,16,17,18)/t13-/m0/s1. The molecule has 1 aromatic heterocycles. The lowest BCUT2D eigenvalue weighted by atomic mass is 10.0. The van der Waals surface area contributed by atoms with Gasteiger partial charge in [0.15, 0.2) is 5.16 Å². The first kappa shape index (κ1) is 15.3. The molecule has 1 fully saturated rings. The number of nitrogens with one attached hydrogen (secondary N) is 2. The first-order valence-corrected chi connectivity index (χ1v) is 8.04. The molecular formula is C13H23N5OS. The number of hydrogen-bond donors (Lipinski definition) is 4. The number of nitrogen functional groups attached to an aromatic ring is 1. The highest BCUT2D eigenvalue weighted by molar-refractivity contribution is 7.99. The number of rotatable bonds is 7. The van der Waals surface area contributed by atoms with Gasteiger partial charge < -0.3 is 21.5 Å². The molecule has 1 aliphatic rings. The molecule has 2 heterocycles. The molecule has 6 nitrogen and oxygen atoms in total. The van der Waals surface area contributed by atoms with Crippen molar-refractivity contribution in [3.05, 3.63) is 6.07 Å². The molecule has 0 unspecified atom stereocenters. The van der Waals surface area contributed by atoms with Crippen molar-refractivity contribution in [1.29, 1.82) is 0 Å². The van der Waals surface area contributed by atoms with Crippen LogP contribution < -0.4 is 16.4 Å². The van der Waals surface area contributed by atoms with Crippen LogP contribution in [0.3, 0.4) is 0 Å². The number of hydrogen-bond acceptors (Lipinski definition) is 7. The Labute approximate surface area is 124 Å². The number of unbranched alkanes of at least 4 members (excludes halogenated alkanes) is 1. The van der Waals surface area contributed by atoms with Crippen LogP contribution >= 0.6 is 11.8 Å². The number of β-amino-alcohol motifs (C(OH)–C–C–N with tert-alkyl or cyclic N) is 1. The summed E-state index contributed by atoms with van der Waals surface area (Å²) in [6.07, 6.45) is 3.04. The number of thioether (sulfide) groups is 1. The van der Waals surface area contributed by atoms with Gasteiger partial charge in [-0.25, -0.2) is 9.97 Å². The molecule has 0 aliphatic carbocycles. The van der Waals surface area contributed by atoms with E-state index >= 15 is 0 Å². The van der Waals surface area contributed by atoms with Crippen LogP contribution in [0.25, 0.3) is 0 Å². The van der Waals surface area contributed by atoms with Gasteiger partial charge in [0, 0.05) is 24.9 Å². The normalized spacial score (nSPS) is 22.1. The number of nitrogens with two attached hydrogens (primary N) is 1. The summed E-state index contributed by atoms with van der Waals surface area (Å²) in [4.78, 5) is 8.64. The van der Waals surface area contributed by atoms with Crippen molar-refractivity contribution in [2.24, 2.45) is 0 Å². The summed E-state index contributed by atoms with van der Waals surface area (Å²) in [5.74, 6) is 2.13. The highest BCUT2D eigenvalue weighted by atomic mass is 32.2. The molecule has 1 atom stereocenters. The van der Waals surface area contributed by atoms with Gasteiger partial charge in [0.25, 0.3) is 0 Å². The maximum absolute atomic E-state index is 10.3. The molecule has 1 saturated heterocycles. The van der Waals surface area contributed by atoms with Crippen LogP contribution in [-0.2, 0) is 0 Å². The molecule has 20 heavy (non-hydrogen) atoms. The molecule has 0 saturated carbocycles. The fourth-order valence-electron chi connectivity index (χ4n) is 2.04. The molecular weight excluding hydrogens is 274 g/mol. The minimum Gasteiger partial charge on any atom is -0.387 e. The minimum absolute atomic E-state index is 0.457. The Bertz CT molecular complexity index is 437. The van der Waals surface area contributed by atoms with E-state index in [4.69, 9.17) is 5.73 Å². The van der Waals surface area contributed by atoms with Crippen molar-refractivity contribution < 1.29 is 5.11 Å². The van der Waals surface area contributed by atoms with Gasteiger partial charge in [0.05, 0.1) is 5.60 Å². The van der Waals surface area contributed by atoms with E-state index in [0.29, 0.717) is 29.9 Å². The van der Waals surface area contributed by atoms with E-state index in [2.05, 4.69) is 27.5 Å². The third-order valence-corrected chi connectivity index (χ3v) is 4.21. The fraction of sp³-hybridized carbons (Fsp3) is 0.692. The first-order valence-electron chi connectivity index (χ1n) is 7.06. The van der Waals surface area contributed by atoms with E-state index in [1.165, 1.54) is 0 Å². The molecule has 0 bridgehead atoms. The quantitative estimate of drug-likeness (QED) is 0.340. The second-order valence-electron chi connectivity index (χ2n) is 5.17. The van der Waals surface area contributed by atoms with Crippen LogP contribution in [0.5, 0.6) is 0 Å². The third-order valence-electron chi connectivity index (χ3n) is 3.27. The van der Waals surface area contributed by atoms with E-state index in [0.717, 1.165) is 31.6 Å². The molecule has 1 aliphatic heterocycles. The van der Waals surface area contributed by atoms with E-state index in [1.54, 1.807) is 17.8 Å². The van der Waals surface area contributed by atoms with Crippen molar-refractivity contribution in [2.45, 2.75) is 36.9 Å². The van der Waals surface area contributed by atoms with Gasteiger partial charge in [0.1, 0.15) is 11.6 Å². The summed E-state index contributed by atoms with van der Waals surface area (Å²) in [5, 5.41) is 17.3. The molecule has 1 aromatic rings. The lowest BCUT2D eigenvalue weighted by Gasteiger charge is -2.22. The maximum Gasteiger partial charge on any atom is 0.191 e. The van der Waals surface area contributed by atoms with Crippen molar-refractivity contribution >= 4 is 23.4 Å². The van der Waals surface area contributed by atoms with Crippen molar-refractivity contribution in [2.75, 3.05) is 36.4 Å². The Morgan fingerprint density at radius 2 is 2.40 bits per heavy atom. The van der Waals surface area contributed by atoms with Gasteiger partial charge >= 0.3 is 0 Å². The average molecular weight is 297 g/mol. The van der Waals surface area contributed by atoms with Crippen molar-refractivity contribution in [1.82, 2.24) is 15.3 Å². The fourth-order valence-corrected chi connectivity index (χ4v) is 2.99. The van der Waals surface area contributed by atoms with Crippen LogP contribution in [0.1, 0.15) is 26.2 Å². The molecule has 0 spiro atoms. The van der Waals surface area contributed by atoms with Gasteiger partial charge in [-0.05, 0) is 19.4 Å². The summed E-state index contributed by atoms with van der Waals surface area (Å²) in [6.45, 7) is 4.08. The zero-order valence-electron chi connectivity index (χ0n) is 11.9. The van der Waals surface area contributed by atoms with Crippen LogP contribution in [0.2, 0.25) is 0 Å². The van der Waals surface area contributed by atoms with Crippen LogP contribution in [0.4, 0.5) is 11.6 Å². The summed E-state index contributed by atoms with van der Waals surface area (Å²) in [6, 6.07) is 1.70. The molecule has 2 rings (SSSR count). The lowest BCUT2D eigenvalue weighted by Crippen LogP contribution is -2.39. The Morgan fingerprint density at radius 1 is 1.55 bits per heavy atom. The molecule has 0 radical (unpaired) electrons. The van der Waals surface area contributed by atoms with Gasteiger partial charge in [-0.1, -0.05) is 25.1 Å². The topological polar surface area (TPSA) is 96.1 Å². The van der Waals surface area contributed by atoms with Gasteiger partial charge in [-0.3, -0.25) is 0 Å². The first-order chi connectivity index (χ1) is 9.61. The molecule has 5 N–H and O–H groups in total. The SMILES string of the molecule is CCCCSc1nc(N)cc(NC[C@]2(O)CCNC2)n1. The van der Waals surface area contributed by atoms with Crippen LogP contribution in [0.15, 0.2) is 11.2 Å². The smallest absolute Gasteiger partial charge is 0.191 e. The van der Waals surface area contributed by atoms with Gasteiger partial charge in [0.2, 0.25) is 0 Å². The number of aliphatic hydroxyl groups is 1.